The lowest BCUT2D eigenvalue weighted by Gasteiger charge is -2.11. The number of ether oxygens (including phenoxy) is 1. The molecule has 0 spiro atoms. The minimum Gasteiger partial charge on any atom is -0.465 e. The maximum Gasteiger partial charge on any atom is 0.341 e. The zero-order chi connectivity index (χ0) is 24.9. The number of halogens is 2. The van der Waals surface area contributed by atoms with Gasteiger partial charge in [0.05, 0.1) is 7.11 Å². The molecular formula is C28H23F2NO4. The first kappa shape index (κ1) is 24.0. The third-order valence-electron chi connectivity index (χ3n) is 6.01. The SMILES string of the molecule is COC(=O)c1c(F)cccc1-c1ccc(CNC(=O)C2CC2/C=C\c2ccc(C=O)cc2)c(F)c1. The van der Waals surface area contributed by atoms with Gasteiger partial charge in [-0.05, 0) is 41.2 Å². The number of benzene rings is 3. The summed E-state index contributed by atoms with van der Waals surface area (Å²) < 4.78 is 33.6. The van der Waals surface area contributed by atoms with E-state index < -0.39 is 17.6 Å². The Labute approximate surface area is 201 Å². The number of methoxy groups -OCH3 is 1. The van der Waals surface area contributed by atoms with Gasteiger partial charge in [0.1, 0.15) is 23.5 Å². The molecule has 0 saturated heterocycles. The molecule has 2 atom stereocenters. The van der Waals surface area contributed by atoms with Gasteiger partial charge < -0.3 is 10.1 Å². The van der Waals surface area contributed by atoms with Gasteiger partial charge in [0.15, 0.2) is 0 Å². The number of rotatable bonds is 8. The van der Waals surface area contributed by atoms with E-state index in [1.54, 1.807) is 18.2 Å². The highest BCUT2D eigenvalue weighted by atomic mass is 19.1. The third-order valence-corrected chi connectivity index (χ3v) is 6.01. The van der Waals surface area contributed by atoms with Gasteiger partial charge in [0.25, 0.3) is 0 Å². The third kappa shape index (κ3) is 5.51. The van der Waals surface area contributed by atoms with Crippen LogP contribution in [-0.4, -0.2) is 25.3 Å². The van der Waals surface area contributed by atoms with Crippen molar-refractivity contribution in [2.45, 2.75) is 13.0 Å². The average Bonchev–Trinajstić information content (AvgIpc) is 3.66. The molecule has 0 heterocycles. The number of amides is 1. The summed E-state index contributed by atoms with van der Waals surface area (Å²) in [5, 5.41) is 2.77. The summed E-state index contributed by atoms with van der Waals surface area (Å²) >= 11 is 0. The number of hydrogen-bond donors (Lipinski definition) is 1. The summed E-state index contributed by atoms with van der Waals surface area (Å²) in [6, 6.07) is 15.5. The predicted molar refractivity (Wildman–Crippen MR) is 127 cm³/mol. The van der Waals surface area contributed by atoms with Gasteiger partial charge in [-0.25, -0.2) is 13.6 Å². The van der Waals surface area contributed by atoms with E-state index in [1.165, 1.54) is 24.3 Å². The summed E-state index contributed by atoms with van der Waals surface area (Å²) in [4.78, 5) is 35.2. The molecule has 2 unspecified atom stereocenters. The molecule has 1 saturated carbocycles. The standard InChI is InChI=1S/C28H23F2NO4/c1-35-28(34)26-22(3-2-4-24(26)29)20-11-12-21(25(30)14-20)15-31-27(33)23-13-19(23)10-9-17-5-7-18(16-32)8-6-17/h2-12,14,16,19,23H,13,15H2,1H3,(H,31,33)/b10-9-. The molecule has 7 heteroatoms. The summed E-state index contributed by atoms with van der Waals surface area (Å²) in [5.74, 6) is -2.39. The first-order valence-corrected chi connectivity index (χ1v) is 11.1. The van der Waals surface area contributed by atoms with E-state index in [0.29, 0.717) is 17.5 Å². The monoisotopic (exact) mass is 475 g/mol. The minimum absolute atomic E-state index is 0.0120. The highest BCUT2D eigenvalue weighted by molar-refractivity contribution is 5.97. The summed E-state index contributed by atoms with van der Waals surface area (Å²) in [7, 11) is 1.15. The molecule has 1 N–H and O–H groups in total. The van der Waals surface area contributed by atoms with Crippen LogP contribution in [0.2, 0.25) is 0 Å². The molecule has 1 amide bonds. The lowest BCUT2D eigenvalue weighted by atomic mass is 9.98. The Morgan fingerprint density at radius 2 is 1.77 bits per heavy atom. The number of esters is 1. The molecular weight excluding hydrogens is 452 g/mol. The lowest BCUT2D eigenvalue weighted by Crippen LogP contribution is -2.25. The van der Waals surface area contributed by atoms with E-state index in [9.17, 15) is 23.2 Å². The van der Waals surface area contributed by atoms with Crippen molar-refractivity contribution >= 4 is 24.2 Å². The van der Waals surface area contributed by atoms with Crippen LogP contribution in [0.4, 0.5) is 8.78 Å². The second-order valence-electron chi connectivity index (χ2n) is 8.33. The van der Waals surface area contributed by atoms with Crippen LogP contribution < -0.4 is 5.32 Å². The Morgan fingerprint density at radius 1 is 1.03 bits per heavy atom. The van der Waals surface area contributed by atoms with Gasteiger partial charge in [-0.15, -0.1) is 0 Å². The lowest BCUT2D eigenvalue weighted by molar-refractivity contribution is -0.122. The second kappa shape index (κ2) is 10.4. The Morgan fingerprint density at radius 3 is 2.46 bits per heavy atom. The Hall–Kier alpha value is -4.13. The van der Waals surface area contributed by atoms with E-state index in [0.717, 1.165) is 25.0 Å². The van der Waals surface area contributed by atoms with Crippen LogP contribution in [0.25, 0.3) is 17.2 Å². The van der Waals surface area contributed by atoms with Gasteiger partial charge in [0, 0.05) is 23.6 Å². The van der Waals surface area contributed by atoms with E-state index in [1.807, 2.05) is 24.3 Å². The van der Waals surface area contributed by atoms with Crippen LogP contribution in [0.15, 0.2) is 66.7 Å². The number of hydrogen-bond acceptors (Lipinski definition) is 4. The van der Waals surface area contributed by atoms with Crippen LogP contribution in [0.1, 0.15) is 38.3 Å². The first-order valence-electron chi connectivity index (χ1n) is 11.1. The summed E-state index contributed by atoms with van der Waals surface area (Å²) in [6.45, 7) is 0.0120. The number of aldehydes is 1. The quantitative estimate of drug-likeness (QED) is 0.359. The van der Waals surface area contributed by atoms with Gasteiger partial charge in [-0.3, -0.25) is 9.59 Å². The fourth-order valence-corrected chi connectivity index (χ4v) is 3.90. The van der Waals surface area contributed by atoms with Crippen molar-refractivity contribution in [3.63, 3.8) is 0 Å². The normalized spacial score (nSPS) is 16.7. The molecule has 4 rings (SSSR count). The van der Waals surface area contributed by atoms with Gasteiger partial charge in [-0.2, -0.15) is 0 Å². The average molecular weight is 475 g/mol. The highest BCUT2D eigenvalue weighted by Crippen LogP contribution is 2.40. The predicted octanol–water partition coefficient (Wildman–Crippen LogP) is 5.20. The fourth-order valence-electron chi connectivity index (χ4n) is 3.90. The van der Waals surface area contributed by atoms with Crippen LogP contribution in [-0.2, 0) is 16.1 Å². The molecule has 0 bridgehead atoms. The van der Waals surface area contributed by atoms with Crippen LogP contribution >= 0.6 is 0 Å². The zero-order valence-electron chi connectivity index (χ0n) is 19.0. The van der Waals surface area contributed by atoms with Crippen molar-refractivity contribution < 1.29 is 27.9 Å². The first-order chi connectivity index (χ1) is 16.9. The van der Waals surface area contributed by atoms with Crippen LogP contribution in [0.5, 0.6) is 0 Å². The fraction of sp³-hybridized carbons (Fsp3) is 0.179. The number of carbonyl (C=O) groups excluding carboxylic acids is 3. The van der Waals surface area contributed by atoms with Gasteiger partial charge in [0.2, 0.25) is 5.91 Å². The number of nitrogens with one attached hydrogen (secondary N) is 1. The maximum atomic E-state index is 14.8. The van der Waals surface area contributed by atoms with Gasteiger partial charge in [-0.1, -0.05) is 60.7 Å². The molecule has 0 aliphatic heterocycles. The van der Waals surface area contributed by atoms with Crippen molar-refractivity contribution in [1.29, 1.82) is 0 Å². The van der Waals surface area contributed by atoms with Crippen LogP contribution in [0.3, 0.4) is 0 Å². The molecule has 1 fully saturated rings. The van der Waals surface area contributed by atoms with Crippen molar-refractivity contribution in [3.05, 3.63) is 101 Å². The molecule has 35 heavy (non-hydrogen) atoms. The topological polar surface area (TPSA) is 72.5 Å². The van der Waals surface area contributed by atoms with E-state index in [2.05, 4.69) is 10.1 Å². The van der Waals surface area contributed by atoms with Crippen LogP contribution in [0, 0.1) is 23.5 Å². The van der Waals surface area contributed by atoms with Crippen molar-refractivity contribution in [1.82, 2.24) is 5.32 Å². The van der Waals surface area contributed by atoms with Crippen molar-refractivity contribution in [3.8, 4) is 11.1 Å². The molecule has 0 aromatic heterocycles. The molecule has 1 aliphatic rings. The number of allylic oxidation sites excluding steroid dienone is 1. The molecule has 0 radical (unpaired) electrons. The van der Waals surface area contributed by atoms with Gasteiger partial charge >= 0.3 is 5.97 Å². The number of carbonyl (C=O) groups is 3. The minimum atomic E-state index is -0.846. The van der Waals surface area contributed by atoms with Crippen molar-refractivity contribution in [2.24, 2.45) is 11.8 Å². The van der Waals surface area contributed by atoms with Crippen molar-refractivity contribution in [2.75, 3.05) is 7.11 Å². The largest absolute Gasteiger partial charge is 0.465 e. The molecule has 5 nitrogen and oxygen atoms in total. The van der Waals surface area contributed by atoms with E-state index >= 15 is 0 Å². The molecule has 3 aromatic carbocycles. The van der Waals surface area contributed by atoms with E-state index in [4.69, 9.17) is 0 Å². The Bertz CT molecular complexity index is 1300. The molecule has 178 valence electrons. The Kier molecular flexibility index (Phi) is 7.15. The molecule has 1 aliphatic carbocycles. The maximum absolute atomic E-state index is 14.8. The zero-order valence-corrected chi connectivity index (χ0v) is 19.0. The second-order valence-corrected chi connectivity index (χ2v) is 8.33. The Balaban J connectivity index is 1.37. The summed E-state index contributed by atoms with van der Waals surface area (Å²) in [5.41, 5.74) is 2.11. The van der Waals surface area contributed by atoms with E-state index in [-0.39, 0.29) is 41.0 Å². The summed E-state index contributed by atoms with van der Waals surface area (Å²) in [6.07, 6.45) is 5.38. The smallest absolute Gasteiger partial charge is 0.341 e. The highest BCUT2D eigenvalue weighted by Gasteiger charge is 2.40. The molecule has 3 aromatic rings.